The third-order valence-electron chi connectivity index (χ3n) is 3.77. The van der Waals surface area contributed by atoms with E-state index in [1.54, 1.807) is 0 Å². The molecule has 112 valence electrons. The number of unbranched alkanes of at least 4 members (excludes halogenated alkanes) is 4. The van der Waals surface area contributed by atoms with Crippen molar-refractivity contribution in [3.05, 3.63) is 23.8 Å². The van der Waals surface area contributed by atoms with Gasteiger partial charge in [-0.1, -0.05) is 45.1 Å². The molecule has 1 unspecified atom stereocenters. The fraction of sp³-hybridized carbons (Fsp3) is 0.625. The second-order valence-electron chi connectivity index (χ2n) is 5.33. The lowest BCUT2D eigenvalue weighted by Crippen LogP contribution is -2.28. The van der Waals surface area contributed by atoms with E-state index in [1.165, 1.54) is 37.7 Å². The van der Waals surface area contributed by atoms with E-state index in [9.17, 15) is 0 Å². The Bertz CT molecular complexity index is 409. The van der Waals surface area contributed by atoms with Crippen LogP contribution in [0.5, 0.6) is 11.5 Å². The van der Waals surface area contributed by atoms with Gasteiger partial charge in [-0.25, -0.2) is 0 Å². The van der Waals surface area contributed by atoms with Crippen LogP contribution in [-0.4, -0.2) is 13.2 Å². The van der Waals surface area contributed by atoms with Crippen LogP contribution in [0.3, 0.4) is 0 Å². The number of ether oxygens (including phenoxy) is 2. The molecule has 1 aromatic carbocycles. The van der Waals surface area contributed by atoms with Gasteiger partial charge in [0.15, 0.2) is 11.5 Å². The van der Waals surface area contributed by atoms with Crippen molar-refractivity contribution in [3.63, 3.8) is 0 Å². The Kier molecular flexibility index (Phi) is 6.15. The van der Waals surface area contributed by atoms with Gasteiger partial charge >= 0.3 is 0 Å². The maximum absolute atomic E-state index is 5.70. The van der Waals surface area contributed by atoms with Gasteiger partial charge in [0.1, 0.15) is 13.2 Å². The molecule has 4 nitrogen and oxygen atoms in total. The van der Waals surface area contributed by atoms with Gasteiger partial charge < -0.3 is 9.47 Å². The first-order chi connectivity index (χ1) is 9.85. The van der Waals surface area contributed by atoms with Crippen molar-refractivity contribution >= 4 is 0 Å². The van der Waals surface area contributed by atoms with Gasteiger partial charge in [0, 0.05) is 6.04 Å². The average Bonchev–Trinajstić information content (AvgIpc) is 2.50. The van der Waals surface area contributed by atoms with Crippen molar-refractivity contribution in [1.29, 1.82) is 0 Å². The molecule has 1 aromatic rings. The number of fused-ring (bicyclic) bond motifs is 1. The molecule has 0 fully saturated rings. The Morgan fingerprint density at radius 3 is 2.60 bits per heavy atom. The normalized spacial score (nSPS) is 15.1. The molecule has 1 aliphatic heterocycles. The van der Waals surface area contributed by atoms with E-state index >= 15 is 0 Å². The minimum absolute atomic E-state index is 0.187. The zero-order valence-electron chi connectivity index (χ0n) is 12.4. The first kappa shape index (κ1) is 15.1. The summed E-state index contributed by atoms with van der Waals surface area (Å²) in [6.45, 7) is 3.48. The first-order valence-electron chi connectivity index (χ1n) is 7.71. The average molecular weight is 278 g/mol. The summed E-state index contributed by atoms with van der Waals surface area (Å²) >= 11 is 0. The summed E-state index contributed by atoms with van der Waals surface area (Å²) < 4.78 is 11.2. The largest absolute Gasteiger partial charge is 0.486 e. The Hall–Kier alpha value is -1.26. The molecule has 1 heterocycles. The summed E-state index contributed by atoms with van der Waals surface area (Å²) in [6, 6.07) is 6.29. The highest BCUT2D eigenvalue weighted by molar-refractivity contribution is 5.44. The summed E-state index contributed by atoms with van der Waals surface area (Å²) in [6.07, 6.45) is 7.44. The summed E-state index contributed by atoms with van der Waals surface area (Å²) in [5.41, 5.74) is 4.09. The van der Waals surface area contributed by atoms with E-state index in [1.807, 2.05) is 12.1 Å². The van der Waals surface area contributed by atoms with E-state index in [4.69, 9.17) is 15.3 Å². The van der Waals surface area contributed by atoms with E-state index < -0.39 is 0 Å². The lowest BCUT2D eigenvalue weighted by Gasteiger charge is -2.22. The van der Waals surface area contributed by atoms with E-state index in [0.717, 1.165) is 17.9 Å². The van der Waals surface area contributed by atoms with Crippen molar-refractivity contribution in [2.45, 2.75) is 51.5 Å². The molecule has 4 heteroatoms. The number of hydrogen-bond donors (Lipinski definition) is 2. The second-order valence-corrected chi connectivity index (χ2v) is 5.33. The molecule has 0 saturated heterocycles. The van der Waals surface area contributed by atoms with Crippen molar-refractivity contribution in [1.82, 2.24) is 5.43 Å². The fourth-order valence-electron chi connectivity index (χ4n) is 2.57. The lowest BCUT2D eigenvalue weighted by molar-refractivity contribution is 0.171. The smallest absolute Gasteiger partial charge is 0.161 e. The van der Waals surface area contributed by atoms with Gasteiger partial charge in [0.25, 0.3) is 0 Å². The molecule has 0 amide bonds. The van der Waals surface area contributed by atoms with Gasteiger partial charge in [-0.05, 0) is 24.1 Å². The Morgan fingerprint density at radius 1 is 1.10 bits per heavy atom. The molecule has 0 bridgehead atoms. The van der Waals surface area contributed by atoms with Crippen molar-refractivity contribution in [3.8, 4) is 11.5 Å². The SMILES string of the molecule is CCCCCCCC(NN)c1ccc2c(c1)OCCO2. The highest BCUT2D eigenvalue weighted by atomic mass is 16.6. The molecule has 1 atom stereocenters. The predicted molar refractivity (Wildman–Crippen MR) is 80.9 cm³/mol. The number of nitrogens with two attached hydrogens (primary N) is 1. The highest BCUT2D eigenvalue weighted by Gasteiger charge is 2.15. The van der Waals surface area contributed by atoms with Gasteiger partial charge in [-0.15, -0.1) is 0 Å². The third kappa shape index (κ3) is 4.12. The zero-order chi connectivity index (χ0) is 14.2. The van der Waals surface area contributed by atoms with Gasteiger partial charge in [-0.2, -0.15) is 0 Å². The Morgan fingerprint density at radius 2 is 1.85 bits per heavy atom. The molecule has 0 aromatic heterocycles. The second kappa shape index (κ2) is 8.12. The van der Waals surface area contributed by atoms with Crippen LogP contribution in [0.2, 0.25) is 0 Å². The summed E-state index contributed by atoms with van der Waals surface area (Å²) in [5.74, 6) is 7.37. The number of nitrogens with one attached hydrogen (secondary N) is 1. The monoisotopic (exact) mass is 278 g/mol. The van der Waals surface area contributed by atoms with Crippen molar-refractivity contribution < 1.29 is 9.47 Å². The quantitative estimate of drug-likeness (QED) is 0.435. The van der Waals surface area contributed by atoms with Crippen LogP contribution in [0.1, 0.15) is 57.1 Å². The molecule has 3 N–H and O–H groups in total. The molecule has 0 spiro atoms. The Labute approximate surface area is 121 Å². The molecule has 1 aliphatic rings. The van der Waals surface area contributed by atoms with Gasteiger partial charge in [0.05, 0.1) is 0 Å². The minimum Gasteiger partial charge on any atom is -0.486 e. The summed E-state index contributed by atoms with van der Waals surface area (Å²) in [4.78, 5) is 0. The molecule has 0 aliphatic carbocycles. The molecular formula is C16H26N2O2. The molecule has 0 radical (unpaired) electrons. The summed E-state index contributed by atoms with van der Waals surface area (Å²) in [7, 11) is 0. The maximum Gasteiger partial charge on any atom is 0.161 e. The van der Waals surface area contributed by atoms with Crippen LogP contribution in [0.4, 0.5) is 0 Å². The lowest BCUT2D eigenvalue weighted by atomic mass is 10.00. The maximum atomic E-state index is 5.70. The minimum atomic E-state index is 0.187. The number of benzene rings is 1. The van der Waals surface area contributed by atoms with E-state index in [2.05, 4.69) is 18.4 Å². The molecule has 20 heavy (non-hydrogen) atoms. The zero-order valence-corrected chi connectivity index (χ0v) is 12.4. The van der Waals surface area contributed by atoms with Crippen molar-refractivity contribution in [2.24, 2.45) is 5.84 Å². The first-order valence-corrected chi connectivity index (χ1v) is 7.71. The Balaban J connectivity index is 1.90. The van der Waals surface area contributed by atoms with Crippen LogP contribution in [0, 0.1) is 0 Å². The molecule has 2 rings (SSSR count). The molecular weight excluding hydrogens is 252 g/mol. The van der Waals surface area contributed by atoms with Crippen molar-refractivity contribution in [2.75, 3.05) is 13.2 Å². The fourth-order valence-corrected chi connectivity index (χ4v) is 2.57. The number of rotatable bonds is 8. The number of hydrogen-bond acceptors (Lipinski definition) is 4. The third-order valence-corrected chi connectivity index (χ3v) is 3.77. The van der Waals surface area contributed by atoms with E-state index in [0.29, 0.717) is 13.2 Å². The number of hydrazine groups is 1. The molecule has 0 saturated carbocycles. The highest BCUT2D eigenvalue weighted by Crippen LogP contribution is 2.33. The predicted octanol–water partition coefficient (Wildman–Crippen LogP) is 3.32. The van der Waals surface area contributed by atoms with Crippen LogP contribution < -0.4 is 20.7 Å². The van der Waals surface area contributed by atoms with E-state index in [-0.39, 0.29) is 6.04 Å². The van der Waals surface area contributed by atoms with Crippen LogP contribution in [-0.2, 0) is 0 Å². The topological polar surface area (TPSA) is 56.5 Å². The standard InChI is InChI=1S/C16H26N2O2/c1-2-3-4-5-6-7-14(18-17)13-8-9-15-16(12-13)20-11-10-19-15/h8-9,12,14,18H,2-7,10-11,17H2,1H3. The van der Waals surface area contributed by atoms with Gasteiger partial charge in [-0.3, -0.25) is 11.3 Å². The van der Waals surface area contributed by atoms with Crippen LogP contribution >= 0.6 is 0 Å². The van der Waals surface area contributed by atoms with Crippen LogP contribution in [0.25, 0.3) is 0 Å². The van der Waals surface area contributed by atoms with Gasteiger partial charge in [0.2, 0.25) is 0 Å². The van der Waals surface area contributed by atoms with Crippen LogP contribution in [0.15, 0.2) is 18.2 Å². The summed E-state index contributed by atoms with van der Waals surface area (Å²) in [5, 5.41) is 0.